The van der Waals surface area contributed by atoms with Gasteiger partial charge >= 0.3 is 6.09 Å². The van der Waals surface area contributed by atoms with Crippen LogP contribution >= 0.6 is 0 Å². The van der Waals surface area contributed by atoms with Crippen molar-refractivity contribution in [2.24, 2.45) is 23.2 Å². The maximum atomic E-state index is 12.9. The summed E-state index contributed by atoms with van der Waals surface area (Å²) in [5, 5.41) is 0. The third-order valence-corrected chi connectivity index (χ3v) is 7.38. The molecule has 27 heavy (non-hydrogen) atoms. The first-order chi connectivity index (χ1) is 12.6. The molecule has 1 heterocycles. The van der Waals surface area contributed by atoms with Crippen molar-refractivity contribution < 1.29 is 26.9 Å². The van der Waals surface area contributed by atoms with E-state index < -0.39 is 10.1 Å². The molecule has 0 aromatic rings. The second-order valence-corrected chi connectivity index (χ2v) is 10.0. The molecular weight excluding hydrogens is 370 g/mol. The van der Waals surface area contributed by atoms with E-state index in [0.29, 0.717) is 32.2 Å². The minimum Gasteiger partial charge on any atom is -0.453 e. The highest BCUT2D eigenvalue weighted by molar-refractivity contribution is 7.85. The highest BCUT2D eigenvalue weighted by atomic mass is 32.2. The molecule has 1 saturated carbocycles. The number of hydrogen-bond acceptors (Lipinski definition) is 6. The van der Waals surface area contributed by atoms with E-state index in [0.717, 1.165) is 11.8 Å². The molecule has 1 aliphatic heterocycles. The van der Waals surface area contributed by atoms with Crippen LogP contribution in [0.4, 0.5) is 4.79 Å². The van der Waals surface area contributed by atoms with Crippen molar-refractivity contribution in [1.29, 1.82) is 0 Å². The van der Waals surface area contributed by atoms with Crippen LogP contribution in [-0.4, -0.2) is 57.8 Å². The van der Waals surface area contributed by atoms with Crippen LogP contribution in [0.25, 0.3) is 0 Å². The van der Waals surface area contributed by atoms with Crippen LogP contribution in [0, 0.1) is 23.2 Å². The van der Waals surface area contributed by atoms with Crippen molar-refractivity contribution in [2.75, 3.05) is 26.5 Å². The van der Waals surface area contributed by atoms with Crippen LogP contribution in [0.1, 0.15) is 39.5 Å². The Bertz CT molecular complexity index is 760. The van der Waals surface area contributed by atoms with Gasteiger partial charge in [0.05, 0.1) is 20.0 Å². The zero-order valence-corrected chi connectivity index (χ0v) is 17.3. The molecule has 5 atom stereocenters. The summed E-state index contributed by atoms with van der Waals surface area (Å²) in [4.78, 5) is 27.0. The summed E-state index contributed by atoms with van der Waals surface area (Å²) in [5.74, 6) is 0.142. The van der Waals surface area contributed by atoms with Crippen molar-refractivity contribution in [3.8, 4) is 0 Å². The number of amides is 1. The van der Waals surface area contributed by atoms with Crippen molar-refractivity contribution >= 4 is 22.0 Å². The lowest BCUT2D eigenvalue weighted by atomic mass is 9.57. The van der Waals surface area contributed by atoms with E-state index in [1.165, 1.54) is 7.11 Å². The quantitative estimate of drug-likeness (QED) is 0.533. The van der Waals surface area contributed by atoms with Gasteiger partial charge in [0.2, 0.25) is 0 Å². The van der Waals surface area contributed by atoms with Crippen LogP contribution in [0.2, 0.25) is 0 Å². The molecule has 7 nitrogen and oxygen atoms in total. The lowest BCUT2D eigenvalue weighted by molar-refractivity contribution is -0.129. The third kappa shape index (κ3) is 3.66. The van der Waals surface area contributed by atoms with Crippen LogP contribution in [0.5, 0.6) is 0 Å². The number of allylic oxidation sites excluding steroid dienone is 1. The fourth-order valence-electron chi connectivity index (χ4n) is 5.21. The highest BCUT2D eigenvalue weighted by Crippen LogP contribution is 2.57. The molecule has 0 aromatic carbocycles. The molecule has 0 N–H and O–H groups in total. The molecule has 0 aromatic heterocycles. The molecule has 1 amide bonds. The first-order valence-corrected chi connectivity index (χ1v) is 11.3. The van der Waals surface area contributed by atoms with Gasteiger partial charge in [0.15, 0.2) is 0 Å². The largest absolute Gasteiger partial charge is 0.453 e. The number of ether oxygens (including phenoxy) is 1. The second kappa shape index (κ2) is 7.20. The van der Waals surface area contributed by atoms with Gasteiger partial charge in [-0.15, -0.1) is 0 Å². The Balaban J connectivity index is 1.91. The molecule has 0 unspecified atom stereocenters. The van der Waals surface area contributed by atoms with E-state index >= 15 is 0 Å². The molecule has 2 aliphatic carbocycles. The minimum atomic E-state index is -3.51. The number of carbonyl (C=O) groups is 2. The van der Waals surface area contributed by atoms with Gasteiger partial charge in [-0.1, -0.05) is 19.9 Å². The Morgan fingerprint density at radius 2 is 2.11 bits per heavy atom. The van der Waals surface area contributed by atoms with Gasteiger partial charge in [-0.25, -0.2) is 4.79 Å². The molecule has 3 rings (SSSR count). The summed E-state index contributed by atoms with van der Waals surface area (Å²) < 4.78 is 32.7. The van der Waals surface area contributed by atoms with Crippen LogP contribution in [0.3, 0.4) is 0 Å². The lowest BCUT2D eigenvalue weighted by Crippen LogP contribution is -2.52. The Morgan fingerprint density at radius 3 is 2.74 bits per heavy atom. The summed E-state index contributed by atoms with van der Waals surface area (Å²) in [7, 11) is -2.14. The second-order valence-electron chi connectivity index (χ2n) is 8.38. The normalized spacial score (nSPS) is 34.5. The maximum absolute atomic E-state index is 12.9. The Labute approximate surface area is 161 Å². The van der Waals surface area contributed by atoms with Crippen LogP contribution in [0.15, 0.2) is 11.6 Å². The van der Waals surface area contributed by atoms with Crippen LogP contribution < -0.4 is 0 Å². The Hall–Kier alpha value is -1.41. The SMILES string of the molecule is COC(=O)N1CC2=CCCC(=O)[C@H]3C[C@@H]([C@H](C)COS(C)(=O)=O)C[C@@H]1[C@@]23C. The number of ketones is 1. The van der Waals surface area contributed by atoms with E-state index in [9.17, 15) is 18.0 Å². The molecule has 0 spiro atoms. The fraction of sp³-hybridized carbons (Fsp3) is 0.789. The summed E-state index contributed by atoms with van der Waals surface area (Å²) in [6.45, 7) is 4.65. The molecule has 152 valence electrons. The lowest BCUT2D eigenvalue weighted by Gasteiger charge is -2.48. The topological polar surface area (TPSA) is 90.0 Å². The fourth-order valence-corrected chi connectivity index (χ4v) is 5.68. The van der Waals surface area contributed by atoms with Gasteiger partial charge < -0.3 is 9.64 Å². The molecule has 8 heteroatoms. The number of rotatable bonds is 4. The van der Waals surface area contributed by atoms with Gasteiger partial charge in [-0.2, -0.15) is 8.42 Å². The number of carbonyl (C=O) groups excluding carboxylic acids is 2. The van der Waals surface area contributed by atoms with Crippen molar-refractivity contribution in [3.63, 3.8) is 0 Å². The highest BCUT2D eigenvalue weighted by Gasteiger charge is 2.59. The first-order valence-electron chi connectivity index (χ1n) is 9.49. The van der Waals surface area contributed by atoms with Crippen molar-refractivity contribution in [2.45, 2.75) is 45.6 Å². The number of methoxy groups -OCH3 is 1. The average Bonchev–Trinajstić information content (AvgIpc) is 2.82. The summed E-state index contributed by atoms with van der Waals surface area (Å²) in [6, 6.07) is -0.123. The van der Waals surface area contributed by atoms with Gasteiger partial charge in [0.25, 0.3) is 10.1 Å². The van der Waals surface area contributed by atoms with Crippen LogP contribution in [-0.2, 0) is 23.8 Å². The smallest absolute Gasteiger partial charge is 0.410 e. The van der Waals surface area contributed by atoms with Gasteiger partial charge in [-0.05, 0) is 36.7 Å². The molecular formula is C19H29NO6S. The standard InChI is InChI=1S/C19H29NO6S/c1-12(11-26-27(4,23)24)13-8-15-16(21)7-5-6-14-10-20(18(22)25-3)17(9-13)19(14,15)2/h6,12-13,15,17H,5,7-11H2,1-4H3/t12-,13-,15-,17-,19+/m1/s1. The number of hydrogen-bond donors (Lipinski definition) is 0. The first kappa shape index (κ1) is 20.3. The molecule has 0 bridgehead atoms. The predicted octanol–water partition coefficient (Wildman–Crippen LogP) is 2.37. The molecule has 3 aliphatic rings. The molecule has 1 saturated heterocycles. The number of likely N-dealkylation sites (tertiary alicyclic amines) is 1. The number of nitrogens with zero attached hydrogens (tertiary/aromatic N) is 1. The van der Waals surface area contributed by atoms with Crippen molar-refractivity contribution in [1.82, 2.24) is 4.90 Å². The minimum absolute atomic E-state index is 0.0344. The van der Waals surface area contributed by atoms with E-state index in [-0.39, 0.29) is 47.7 Å². The van der Waals surface area contributed by atoms with E-state index in [2.05, 4.69) is 13.0 Å². The third-order valence-electron chi connectivity index (χ3n) is 6.82. The maximum Gasteiger partial charge on any atom is 0.410 e. The summed E-state index contributed by atoms with van der Waals surface area (Å²) >= 11 is 0. The monoisotopic (exact) mass is 399 g/mol. The van der Waals surface area contributed by atoms with Gasteiger partial charge in [-0.3, -0.25) is 8.98 Å². The van der Waals surface area contributed by atoms with Gasteiger partial charge in [0, 0.05) is 30.3 Å². The zero-order valence-electron chi connectivity index (χ0n) is 16.4. The van der Waals surface area contributed by atoms with Crippen molar-refractivity contribution in [3.05, 3.63) is 11.6 Å². The van der Waals surface area contributed by atoms with E-state index in [4.69, 9.17) is 8.92 Å². The Morgan fingerprint density at radius 1 is 1.41 bits per heavy atom. The van der Waals surface area contributed by atoms with E-state index in [1.807, 2.05) is 6.92 Å². The predicted molar refractivity (Wildman–Crippen MR) is 99.5 cm³/mol. The van der Waals surface area contributed by atoms with E-state index in [1.54, 1.807) is 4.90 Å². The Kier molecular flexibility index (Phi) is 5.42. The zero-order chi connectivity index (χ0) is 20.0. The number of Topliss-reactive ketones (excluding diaryl/α,β-unsaturated/α-hetero) is 1. The summed E-state index contributed by atoms with van der Waals surface area (Å²) in [5.41, 5.74) is 0.794. The molecule has 0 radical (unpaired) electrons. The molecule has 2 fully saturated rings. The average molecular weight is 400 g/mol. The van der Waals surface area contributed by atoms with Gasteiger partial charge in [0.1, 0.15) is 5.78 Å². The summed E-state index contributed by atoms with van der Waals surface area (Å²) in [6.07, 6.45) is 5.44.